The minimum Gasteiger partial charge on any atom is -0.480 e. The predicted octanol–water partition coefficient (Wildman–Crippen LogP) is 2.36. The third-order valence-electron chi connectivity index (χ3n) is 6.86. The molecule has 0 radical (unpaired) electrons. The van der Waals surface area contributed by atoms with Crippen LogP contribution in [0, 0.1) is 11.8 Å². The number of carboxylic acids is 1. The van der Waals surface area contributed by atoms with E-state index in [2.05, 4.69) is 16.0 Å². The maximum atomic E-state index is 13.5. The Morgan fingerprint density at radius 1 is 0.854 bits per heavy atom. The molecule has 3 amide bonds. The predicted molar refractivity (Wildman–Crippen MR) is 148 cm³/mol. The summed E-state index contributed by atoms with van der Waals surface area (Å²) in [4.78, 5) is 63.6. The van der Waals surface area contributed by atoms with Crippen molar-refractivity contribution >= 4 is 29.8 Å². The van der Waals surface area contributed by atoms with Gasteiger partial charge in [0.1, 0.15) is 24.7 Å². The van der Waals surface area contributed by atoms with Gasteiger partial charge in [-0.3, -0.25) is 14.4 Å². The molecule has 0 aromatic heterocycles. The van der Waals surface area contributed by atoms with E-state index in [9.17, 15) is 29.1 Å². The number of ether oxygens (including phenoxy) is 2. The summed E-state index contributed by atoms with van der Waals surface area (Å²) in [6.07, 6.45) is -0.479. The zero-order valence-corrected chi connectivity index (χ0v) is 23.4. The SMILES string of the molecule is CCOC(=O)C[C@H](NC(=O)OCc1ccccc1)C(=O)N[C@H](C(=O)N[C@H](C(=O)O)C(C)C)C1Cc2ccccc2C1. The van der Waals surface area contributed by atoms with Crippen molar-refractivity contribution in [3.05, 3.63) is 71.3 Å². The lowest BCUT2D eigenvalue weighted by Gasteiger charge is -2.28. The molecule has 220 valence electrons. The van der Waals surface area contributed by atoms with Crippen molar-refractivity contribution in [1.29, 1.82) is 0 Å². The number of carbonyl (C=O) groups is 5. The molecule has 2 aromatic rings. The zero-order valence-electron chi connectivity index (χ0n) is 23.4. The van der Waals surface area contributed by atoms with Gasteiger partial charge in [-0.25, -0.2) is 9.59 Å². The quantitative estimate of drug-likeness (QED) is 0.268. The van der Waals surface area contributed by atoms with E-state index in [0.717, 1.165) is 16.7 Å². The van der Waals surface area contributed by atoms with Crippen LogP contribution in [-0.4, -0.2) is 59.7 Å². The molecule has 0 fully saturated rings. The Bertz CT molecular complexity index is 1210. The lowest BCUT2D eigenvalue weighted by atomic mass is 9.94. The van der Waals surface area contributed by atoms with Gasteiger partial charge in [-0.2, -0.15) is 0 Å². The third-order valence-corrected chi connectivity index (χ3v) is 6.86. The molecule has 0 aliphatic heterocycles. The number of esters is 1. The smallest absolute Gasteiger partial charge is 0.408 e. The highest BCUT2D eigenvalue weighted by Gasteiger charge is 2.38. The van der Waals surface area contributed by atoms with Gasteiger partial charge in [-0.15, -0.1) is 0 Å². The zero-order chi connectivity index (χ0) is 29.9. The fourth-order valence-corrected chi connectivity index (χ4v) is 4.74. The topological polar surface area (TPSA) is 160 Å². The van der Waals surface area contributed by atoms with E-state index in [1.807, 2.05) is 30.3 Å². The van der Waals surface area contributed by atoms with Gasteiger partial charge in [0.25, 0.3) is 0 Å². The number of fused-ring (bicyclic) bond motifs is 1. The van der Waals surface area contributed by atoms with Crippen molar-refractivity contribution < 1.29 is 38.6 Å². The third kappa shape index (κ3) is 9.06. The summed E-state index contributed by atoms with van der Waals surface area (Å²) in [6.45, 7) is 4.96. The number of carbonyl (C=O) groups excluding carboxylic acids is 4. The van der Waals surface area contributed by atoms with Crippen LogP contribution < -0.4 is 16.0 Å². The van der Waals surface area contributed by atoms with Crippen molar-refractivity contribution in [2.75, 3.05) is 6.61 Å². The van der Waals surface area contributed by atoms with Crippen LogP contribution in [-0.2, 0) is 48.1 Å². The van der Waals surface area contributed by atoms with Crippen LogP contribution in [0.25, 0.3) is 0 Å². The number of hydrogen-bond acceptors (Lipinski definition) is 7. The summed E-state index contributed by atoms with van der Waals surface area (Å²) in [6, 6.07) is 12.8. The van der Waals surface area contributed by atoms with Crippen LogP contribution >= 0.6 is 0 Å². The first-order valence-corrected chi connectivity index (χ1v) is 13.6. The van der Waals surface area contributed by atoms with Crippen LogP contribution in [0.3, 0.4) is 0 Å². The standard InChI is InChI=1S/C30H37N3O8/c1-4-40-24(34)16-23(31-30(39)41-17-19-10-6-5-7-11-19)27(35)33-26(28(36)32-25(18(2)3)29(37)38)22-14-20-12-8-9-13-21(20)15-22/h5-13,18,22-23,25-26H,4,14-17H2,1-3H3,(H,31,39)(H,32,36)(H,33,35)(H,37,38)/t23-,25-,26-/m0/s1. The normalized spacial score (nSPS) is 14.7. The Balaban J connectivity index is 1.79. The molecule has 3 rings (SSSR count). The number of alkyl carbamates (subject to hydrolysis) is 1. The Labute approximate surface area is 239 Å². The molecule has 3 atom stereocenters. The molecule has 11 heteroatoms. The molecule has 1 aliphatic rings. The average Bonchev–Trinajstić information content (AvgIpc) is 3.37. The molecule has 0 saturated heterocycles. The molecule has 2 aromatic carbocycles. The molecule has 11 nitrogen and oxygen atoms in total. The van der Waals surface area contributed by atoms with Crippen molar-refractivity contribution in [2.45, 2.75) is 64.8 Å². The molecule has 0 saturated carbocycles. The van der Waals surface area contributed by atoms with Crippen LogP contribution in [0.4, 0.5) is 4.79 Å². The Hall–Kier alpha value is -4.41. The summed E-state index contributed by atoms with van der Waals surface area (Å²) >= 11 is 0. The molecule has 0 unspecified atom stereocenters. The molecular weight excluding hydrogens is 530 g/mol. The van der Waals surface area contributed by atoms with Gasteiger partial charge in [0.2, 0.25) is 11.8 Å². The van der Waals surface area contributed by atoms with Gasteiger partial charge in [0.05, 0.1) is 13.0 Å². The number of nitrogens with one attached hydrogen (secondary N) is 3. The Kier molecular flexibility index (Phi) is 11.3. The first-order valence-electron chi connectivity index (χ1n) is 13.6. The molecule has 0 bridgehead atoms. The monoisotopic (exact) mass is 567 g/mol. The number of rotatable bonds is 13. The summed E-state index contributed by atoms with van der Waals surface area (Å²) < 4.78 is 10.2. The van der Waals surface area contributed by atoms with E-state index >= 15 is 0 Å². The van der Waals surface area contributed by atoms with Crippen molar-refractivity contribution in [3.8, 4) is 0 Å². The summed E-state index contributed by atoms with van der Waals surface area (Å²) in [5.74, 6) is -4.19. The second-order valence-electron chi connectivity index (χ2n) is 10.3. The number of hydrogen-bond donors (Lipinski definition) is 4. The molecule has 0 heterocycles. The fraction of sp³-hybridized carbons (Fsp3) is 0.433. The average molecular weight is 568 g/mol. The largest absolute Gasteiger partial charge is 0.480 e. The number of carboxylic acid groups (broad SMARTS) is 1. The molecule has 4 N–H and O–H groups in total. The van der Waals surface area contributed by atoms with E-state index in [-0.39, 0.29) is 19.1 Å². The first kappa shape index (κ1) is 31.1. The maximum absolute atomic E-state index is 13.5. The van der Waals surface area contributed by atoms with E-state index in [1.54, 1.807) is 45.0 Å². The van der Waals surface area contributed by atoms with Gasteiger partial charge < -0.3 is 30.5 Å². The number of aliphatic carboxylic acids is 1. The highest BCUT2D eigenvalue weighted by atomic mass is 16.5. The highest BCUT2D eigenvalue weighted by Crippen LogP contribution is 2.29. The van der Waals surface area contributed by atoms with Crippen LogP contribution in [0.1, 0.15) is 43.9 Å². The lowest BCUT2D eigenvalue weighted by molar-refractivity contribution is -0.146. The molecule has 41 heavy (non-hydrogen) atoms. The first-order chi connectivity index (χ1) is 19.6. The second kappa shape index (κ2) is 14.8. The second-order valence-corrected chi connectivity index (χ2v) is 10.3. The number of benzene rings is 2. The van der Waals surface area contributed by atoms with Gasteiger partial charge >= 0.3 is 18.0 Å². The number of amides is 3. The van der Waals surface area contributed by atoms with Crippen molar-refractivity contribution in [2.24, 2.45) is 11.8 Å². The molecule has 1 aliphatic carbocycles. The summed E-state index contributed by atoms with van der Waals surface area (Å²) in [5, 5.41) is 17.3. The van der Waals surface area contributed by atoms with Gasteiger partial charge in [-0.05, 0) is 48.3 Å². The van der Waals surface area contributed by atoms with Crippen LogP contribution in [0.5, 0.6) is 0 Å². The Morgan fingerprint density at radius 3 is 2.02 bits per heavy atom. The van der Waals surface area contributed by atoms with Crippen molar-refractivity contribution in [1.82, 2.24) is 16.0 Å². The van der Waals surface area contributed by atoms with Gasteiger partial charge in [0, 0.05) is 0 Å². The Morgan fingerprint density at radius 2 is 1.46 bits per heavy atom. The van der Waals surface area contributed by atoms with Crippen molar-refractivity contribution in [3.63, 3.8) is 0 Å². The van der Waals surface area contributed by atoms with Gasteiger partial charge in [-0.1, -0.05) is 68.4 Å². The van der Waals surface area contributed by atoms with Gasteiger partial charge in [0.15, 0.2) is 0 Å². The van der Waals surface area contributed by atoms with Crippen LogP contribution in [0.2, 0.25) is 0 Å². The summed E-state index contributed by atoms with van der Waals surface area (Å²) in [7, 11) is 0. The lowest BCUT2D eigenvalue weighted by Crippen LogP contribution is -2.59. The van der Waals surface area contributed by atoms with Crippen LogP contribution in [0.15, 0.2) is 54.6 Å². The van der Waals surface area contributed by atoms with E-state index in [4.69, 9.17) is 9.47 Å². The molecule has 0 spiro atoms. The minimum atomic E-state index is -1.41. The minimum absolute atomic E-state index is 0.0580. The maximum Gasteiger partial charge on any atom is 0.408 e. The van der Waals surface area contributed by atoms with E-state index < -0.39 is 60.3 Å². The van der Waals surface area contributed by atoms with E-state index in [0.29, 0.717) is 12.8 Å². The summed E-state index contributed by atoms with van der Waals surface area (Å²) in [5.41, 5.74) is 2.77. The van der Waals surface area contributed by atoms with E-state index in [1.165, 1.54) is 0 Å². The highest BCUT2D eigenvalue weighted by molar-refractivity contribution is 5.94. The molecular formula is C30H37N3O8. The fourth-order valence-electron chi connectivity index (χ4n) is 4.74.